The van der Waals surface area contributed by atoms with E-state index in [1.165, 1.54) is 0 Å². The minimum Gasteiger partial charge on any atom is -0.492 e. The van der Waals surface area contributed by atoms with Crippen LogP contribution >= 0.6 is 11.6 Å². The van der Waals surface area contributed by atoms with Crippen molar-refractivity contribution in [3.05, 3.63) is 94.0 Å². The van der Waals surface area contributed by atoms with Gasteiger partial charge in [0.25, 0.3) is 0 Å². The van der Waals surface area contributed by atoms with Gasteiger partial charge in [0.1, 0.15) is 28.9 Å². The van der Waals surface area contributed by atoms with Crippen molar-refractivity contribution in [3.63, 3.8) is 0 Å². The van der Waals surface area contributed by atoms with Crippen LogP contribution in [0.1, 0.15) is 16.7 Å². The van der Waals surface area contributed by atoms with Gasteiger partial charge in [0, 0.05) is 23.7 Å². The Hall–Kier alpha value is -2.52. The molecule has 0 bridgehead atoms. The van der Waals surface area contributed by atoms with E-state index in [4.69, 9.17) is 21.1 Å². The second-order valence-electron chi connectivity index (χ2n) is 7.32. The van der Waals surface area contributed by atoms with Crippen molar-refractivity contribution in [1.82, 2.24) is 4.31 Å². The summed E-state index contributed by atoms with van der Waals surface area (Å²) < 4.78 is 66.2. The standard InChI is InChI=1S/C23H20ClF2NO4S/c24-19-4-1-16(2-5-19)14-30-15-17-3-8-22-18(11-17)13-27(9-10-31-22)32(28,29)23-12-20(25)6-7-21(23)26/h1-8,11-12H,9-10,13-15H2. The van der Waals surface area contributed by atoms with Crippen LogP contribution < -0.4 is 4.74 Å². The molecular formula is C23H20ClF2NO4S. The number of halogens is 3. The lowest BCUT2D eigenvalue weighted by Gasteiger charge is -2.20. The van der Waals surface area contributed by atoms with Crippen LogP contribution in [0.25, 0.3) is 0 Å². The number of ether oxygens (including phenoxy) is 2. The van der Waals surface area contributed by atoms with Crippen molar-refractivity contribution in [2.45, 2.75) is 24.7 Å². The Balaban J connectivity index is 1.50. The number of nitrogens with zero attached hydrogens (tertiary/aromatic N) is 1. The highest BCUT2D eigenvalue weighted by Gasteiger charge is 2.30. The predicted molar refractivity (Wildman–Crippen MR) is 116 cm³/mol. The molecule has 9 heteroatoms. The highest BCUT2D eigenvalue weighted by molar-refractivity contribution is 7.89. The van der Waals surface area contributed by atoms with Crippen LogP contribution in [0.4, 0.5) is 8.78 Å². The van der Waals surface area contributed by atoms with E-state index in [9.17, 15) is 17.2 Å². The molecule has 1 heterocycles. The molecule has 0 aromatic heterocycles. The second kappa shape index (κ2) is 9.54. The van der Waals surface area contributed by atoms with E-state index in [2.05, 4.69) is 0 Å². The molecule has 0 saturated carbocycles. The molecule has 0 aliphatic carbocycles. The van der Waals surface area contributed by atoms with Gasteiger partial charge in [-0.2, -0.15) is 4.31 Å². The fourth-order valence-corrected chi connectivity index (χ4v) is 5.00. The van der Waals surface area contributed by atoms with E-state index in [0.29, 0.717) is 35.6 Å². The number of sulfonamides is 1. The summed E-state index contributed by atoms with van der Waals surface area (Å²) in [4.78, 5) is -0.691. The molecule has 0 spiro atoms. The van der Waals surface area contributed by atoms with Gasteiger partial charge in [0.2, 0.25) is 10.0 Å². The Morgan fingerprint density at radius 2 is 1.69 bits per heavy atom. The van der Waals surface area contributed by atoms with E-state index in [0.717, 1.165) is 27.6 Å². The third-order valence-corrected chi connectivity index (χ3v) is 7.14. The first-order valence-electron chi connectivity index (χ1n) is 9.85. The van der Waals surface area contributed by atoms with E-state index in [-0.39, 0.29) is 19.7 Å². The Morgan fingerprint density at radius 1 is 0.969 bits per heavy atom. The Bertz CT molecular complexity index is 1220. The maximum Gasteiger partial charge on any atom is 0.246 e. The van der Waals surface area contributed by atoms with Gasteiger partial charge in [0.05, 0.1) is 13.2 Å². The summed E-state index contributed by atoms with van der Waals surface area (Å²) >= 11 is 5.88. The summed E-state index contributed by atoms with van der Waals surface area (Å²) in [5.74, 6) is -1.28. The van der Waals surface area contributed by atoms with Gasteiger partial charge >= 0.3 is 0 Å². The van der Waals surface area contributed by atoms with Crippen molar-refractivity contribution < 1.29 is 26.7 Å². The Labute approximate surface area is 190 Å². The van der Waals surface area contributed by atoms with Crippen LogP contribution in [0.3, 0.4) is 0 Å². The lowest BCUT2D eigenvalue weighted by atomic mass is 10.1. The van der Waals surface area contributed by atoms with E-state index in [1.807, 2.05) is 18.2 Å². The smallest absolute Gasteiger partial charge is 0.246 e. The highest BCUT2D eigenvalue weighted by Crippen LogP contribution is 2.29. The third-order valence-electron chi connectivity index (χ3n) is 5.03. The molecule has 0 atom stereocenters. The highest BCUT2D eigenvalue weighted by atomic mass is 35.5. The van der Waals surface area contributed by atoms with Gasteiger partial charge in [0.15, 0.2) is 0 Å². The molecule has 0 N–H and O–H groups in total. The first kappa shape index (κ1) is 22.7. The maximum absolute atomic E-state index is 14.2. The molecule has 0 amide bonds. The average Bonchev–Trinajstić information content (AvgIpc) is 2.99. The van der Waals surface area contributed by atoms with Crippen molar-refractivity contribution in [2.24, 2.45) is 0 Å². The number of hydrogen-bond donors (Lipinski definition) is 0. The monoisotopic (exact) mass is 479 g/mol. The van der Waals surface area contributed by atoms with Crippen LogP contribution in [0.5, 0.6) is 5.75 Å². The van der Waals surface area contributed by atoms with Gasteiger partial charge < -0.3 is 9.47 Å². The topological polar surface area (TPSA) is 55.8 Å². The summed E-state index contributed by atoms with van der Waals surface area (Å²) in [6, 6.07) is 15.1. The second-order valence-corrected chi connectivity index (χ2v) is 9.67. The van der Waals surface area contributed by atoms with Crippen molar-refractivity contribution in [3.8, 4) is 5.75 Å². The third kappa shape index (κ3) is 5.10. The molecule has 0 radical (unpaired) electrons. The summed E-state index contributed by atoms with van der Waals surface area (Å²) in [5.41, 5.74) is 2.43. The van der Waals surface area contributed by atoms with Gasteiger partial charge in [-0.25, -0.2) is 17.2 Å². The zero-order valence-electron chi connectivity index (χ0n) is 16.9. The average molecular weight is 480 g/mol. The number of fused-ring (bicyclic) bond motifs is 1. The van der Waals surface area contributed by atoms with Crippen LogP contribution in [-0.4, -0.2) is 25.9 Å². The maximum atomic E-state index is 14.2. The summed E-state index contributed by atoms with van der Waals surface area (Å²) in [5, 5.41) is 0.650. The Morgan fingerprint density at radius 3 is 2.47 bits per heavy atom. The number of benzene rings is 3. The molecule has 0 saturated heterocycles. The number of hydrogen-bond acceptors (Lipinski definition) is 4. The fourth-order valence-electron chi connectivity index (χ4n) is 3.40. The van der Waals surface area contributed by atoms with Gasteiger partial charge in [-0.15, -0.1) is 0 Å². The minimum absolute atomic E-state index is 0.00929. The molecule has 5 nitrogen and oxygen atoms in total. The predicted octanol–water partition coefficient (Wildman–Crippen LogP) is 4.92. The molecule has 32 heavy (non-hydrogen) atoms. The van der Waals surface area contributed by atoms with Gasteiger partial charge in [-0.3, -0.25) is 0 Å². The van der Waals surface area contributed by atoms with Crippen LogP contribution in [0.2, 0.25) is 5.02 Å². The molecule has 1 aliphatic heterocycles. The first-order valence-corrected chi connectivity index (χ1v) is 11.7. The van der Waals surface area contributed by atoms with Crippen LogP contribution in [-0.2, 0) is 34.5 Å². The molecule has 3 aromatic rings. The summed E-state index contributed by atoms with van der Waals surface area (Å²) in [7, 11) is -4.25. The minimum atomic E-state index is -4.25. The molecule has 0 fully saturated rings. The fraction of sp³-hybridized carbons (Fsp3) is 0.217. The molecule has 4 rings (SSSR count). The molecular weight excluding hydrogens is 460 g/mol. The lowest BCUT2D eigenvalue weighted by Crippen LogP contribution is -2.33. The molecule has 0 unspecified atom stereocenters. The molecule has 3 aromatic carbocycles. The molecule has 168 valence electrons. The quantitative estimate of drug-likeness (QED) is 0.503. The SMILES string of the molecule is O=S(=O)(c1cc(F)ccc1F)N1CCOc2ccc(COCc3ccc(Cl)cc3)cc2C1. The van der Waals surface area contributed by atoms with E-state index < -0.39 is 26.6 Å². The number of rotatable bonds is 6. The Kier molecular flexibility index (Phi) is 6.76. The molecule has 1 aliphatic rings. The van der Waals surface area contributed by atoms with Crippen molar-refractivity contribution in [1.29, 1.82) is 0 Å². The van der Waals surface area contributed by atoms with Gasteiger partial charge in [-0.1, -0.05) is 29.8 Å². The first-order chi connectivity index (χ1) is 15.3. The summed E-state index contributed by atoms with van der Waals surface area (Å²) in [6.07, 6.45) is 0. The summed E-state index contributed by atoms with van der Waals surface area (Å²) in [6.45, 7) is 0.773. The van der Waals surface area contributed by atoms with E-state index in [1.54, 1.807) is 24.3 Å². The zero-order valence-corrected chi connectivity index (χ0v) is 18.5. The normalized spacial score (nSPS) is 14.5. The van der Waals surface area contributed by atoms with Crippen LogP contribution in [0.15, 0.2) is 65.6 Å². The van der Waals surface area contributed by atoms with Crippen molar-refractivity contribution in [2.75, 3.05) is 13.2 Å². The zero-order chi connectivity index (χ0) is 22.7. The lowest BCUT2D eigenvalue weighted by molar-refractivity contribution is 0.107. The van der Waals surface area contributed by atoms with Crippen molar-refractivity contribution >= 4 is 21.6 Å². The van der Waals surface area contributed by atoms with E-state index >= 15 is 0 Å². The van der Waals surface area contributed by atoms with Crippen LogP contribution in [0, 0.1) is 11.6 Å². The largest absolute Gasteiger partial charge is 0.492 e. The van der Waals surface area contributed by atoms with Gasteiger partial charge in [-0.05, 0) is 53.6 Å².